The molecule has 4 atom stereocenters. The standard InChI is InChI=1S/C27H34N4O5/c32-16-24-26-22(13-20(35-24)14-25(33)29-15-17-8-10-28-11-9-17)21-12-19(6-7-23(21)36-26)31-27(34)30-18-4-2-1-3-5-18/h6-12,18,20,22,24,26,32H,1-5,13-16H2,(H,29,33)(H2,30,31,34)/t20-,22+,24-,26-/m1/s1. The predicted molar refractivity (Wildman–Crippen MR) is 134 cm³/mol. The van der Waals surface area contributed by atoms with E-state index in [1.807, 2.05) is 30.3 Å². The molecule has 3 amide bonds. The summed E-state index contributed by atoms with van der Waals surface area (Å²) in [5, 5.41) is 18.9. The Morgan fingerprint density at radius 3 is 2.67 bits per heavy atom. The molecule has 9 nitrogen and oxygen atoms in total. The second kappa shape index (κ2) is 11.3. The Morgan fingerprint density at radius 1 is 1.08 bits per heavy atom. The second-order valence-electron chi connectivity index (χ2n) is 9.93. The molecule has 9 heteroatoms. The highest BCUT2D eigenvalue weighted by molar-refractivity contribution is 5.89. The fourth-order valence-corrected chi connectivity index (χ4v) is 5.55. The predicted octanol–water partition coefficient (Wildman–Crippen LogP) is 3.24. The Morgan fingerprint density at radius 2 is 1.89 bits per heavy atom. The fourth-order valence-electron chi connectivity index (χ4n) is 5.55. The number of fused-ring (bicyclic) bond motifs is 3. The van der Waals surface area contributed by atoms with Crippen LogP contribution in [0.4, 0.5) is 10.5 Å². The number of hydrogen-bond donors (Lipinski definition) is 4. The van der Waals surface area contributed by atoms with Crippen LogP contribution in [0.1, 0.15) is 62.0 Å². The molecular weight excluding hydrogens is 460 g/mol. The zero-order valence-electron chi connectivity index (χ0n) is 20.3. The summed E-state index contributed by atoms with van der Waals surface area (Å²) in [6.45, 7) is 0.229. The summed E-state index contributed by atoms with van der Waals surface area (Å²) in [6.07, 6.45) is 8.56. The molecule has 0 radical (unpaired) electrons. The number of aliphatic hydroxyl groups is 1. The first-order valence-electron chi connectivity index (χ1n) is 12.9. The van der Waals surface area contributed by atoms with Crippen molar-refractivity contribution >= 4 is 17.6 Å². The minimum Gasteiger partial charge on any atom is -0.487 e. The first-order chi connectivity index (χ1) is 17.6. The monoisotopic (exact) mass is 494 g/mol. The van der Waals surface area contributed by atoms with Crippen molar-refractivity contribution in [2.24, 2.45) is 0 Å². The van der Waals surface area contributed by atoms with Gasteiger partial charge in [0, 0.05) is 42.1 Å². The second-order valence-corrected chi connectivity index (χ2v) is 9.93. The van der Waals surface area contributed by atoms with Crippen molar-refractivity contribution in [1.82, 2.24) is 15.6 Å². The highest BCUT2D eigenvalue weighted by atomic mass is 16.6. The van der Waals surface area contributed by atoms with Crippen LogP contribution in [0.25, 0.3) is 0 Å². The lowest BCUT2D eigenvalue weighted by Crippen LogP contribution is -2.47. The third kappa shape index (κ3) is 5.79. The van der Waals surface area contributed by atoms with E-state index in [1.165, 1.54) is 6.42 Å². The Kier molecular flexibility index (Phi) is 7.67. The summed E-state index contributed by atoms with van der Waals surface area (Å²) >= 11 is 0. The molecule has 2 aliphatic heterocycles. The molecule has 3 heterocycles. The molecule has 4 N–H and O–H groups in total. The minimum atomic E-state index is -0.528. The van der Waals surface area contributed by atoms with E-state index in [9.17, 15) is 14.7 Å². The number of aliphatic hydroxyl groups excluding tert-OH is 1. The first kappa shape index (κ1) is 24.5. The van der Waals surface area contributed by atoms with E-state index in [0.29, 0.717) is 18.7 Å². The van der Waals surface area contributed by atoms with Crippen LogP contribution in [0.15, 0.2) is 42.7 Å². The lowest BCUT2D eigenvalue weighted by atomic mass is 9.84. The van der Waals surface area contributed by atoms with Crippen molar-refractivity contribution in [3.05, 3.63) is 53.9 Å². The van der Waals surface area contributed by atoms with Gasteiger partial charge in [0.15, 0.2) is 0 Å². The van der Waals surface area contributed by atoms with Gasteiger partial charge in [0.05, 0.1) is 19.1 Å². The molecule has 1 aliphatic carbocycles. The number of carbonyl (C=O) groups excluding carboxylic acids is 2. The Hall–Kier alpha value is -3.17. The SMILES string of the molecule is O=C(C[C@H]1C[C@H]2c3cc(NC(=O)NC4CCCCC4)ccc3O[C@H]2[C@@H](CO)O1)NCc1ccncc1. The molecule has 0 unspecified atom stereocenters. The van der Waals surface area contributed by atoms with Gasteiger partial charge in [-0.15, -0.1) is 0 Å². The molecule has 1 aromatic carbocycles. The molecule has 3 aliphatic rings. The van der Waals surface area contributed by atoms with Crippen molar-refractivity contribution in [3.63, 3.8) is 0 Å². The number of urea groups is 1. The third-order valence-electron chi connectivity index (χ3n) is 7.35. The Balaban J connectivity index is 1.21. The van der Waals surface area contributed by atoms with E-state index in [-0.39, 0.29) is 49.1 Å². The maximum atomic E-state index is 12.6. The van der Waals surface area contributed by atoms with E-state index < -0.39 is 6.10 Å². The summed E-state index contributed by atoms with van der Waals surface area (Å²) in [5.41, 5.74) is 2.64. The van der Waals surface area contributed by atoms with Gasteiger partial charge in [0.25, 0.3) is 0 Å². The molecule has 1 aromatic heterocycles. The van der Waals surface area contributed by atoms with E-state index in [1.54, 1.807) is 12.4 Å². The molecule has 5 rings (SSSR count). The van der Waals surface area contributed by atoms with Crippen LogP contribution in [0.3, 0.4) is 0 Å². The van der Waals surface area contributed by atoms with E-state index in [0.717, 1.165) is 42.6 Å². The molecule has 36 heavy (non-hydrogen) atoms. The van der Waals surface area contributed by atoms with E-state index in [2.05, 4.69) is 20.9 Å². The molecular formula is C27H34N4O5. The number of pyridine rings is 1. The summed E-state index contributed by atoms with van der Waals surface area (Å²) in [6, 6.07) is 9.38. The van der Waals surface area contributed by atoms with Gasteiger partial charge in [0.2, 0.25) is 5.91 Å². The number of nitrogens with zero attached hydrogens (tertiary/aromatic N) is 1. The zero-order chi connectivity index (χ0) is 24.9. The maximum Gasteiger partial charge on any atom is 0.319 e. The molecule has 0 spiro atoms. The van der Waals surface area contributed by atoms with E-state index in [4.69, 9.17) is 9.47 Å². The van der Waals surface area contributed by atoms with Crippen molar-refractivity contribution in [2.45, 2.75) is 81.8 Å². The maximum absolute atomic E-state index is 12.6. The van der Waals surface area contributed by atoms with Gasteiger partial charge < -0.3 is 30.5 Å². The highest BCUT2D eigenvalue weighted by Crippen LogP contribution is 2.47. The van der Waals surface area contributed by atoms with Gasteiger partial charge in [-0.25, -0.2) is 4.79 Å². The van der Waals surface area contributed by atoms with E-state index >= 15 is 0 Å². The number of aromatic nitrogens is 1. The summed E-state index contributed by atoms with van der Waals surface area (Å²) in [5.74, 6) is 0.584. The van der Waals surface area contributed by atoms with Gasteiger partial charge in [0.1, 0.15) is 18.0 Å². The van der Waals surface area contributed by atoms with Crippen molar-refractivity contribution < 1.29 is 24.2 Å². The average molecular weight is 495 g/mol. The Labute approximate surface area is 211 Å². The van der Waals surface area contributed by atoms with Crippen molar-refractivity contribution in [2.75, 3.05) is 11.9 Å². The molecule has 2 fully saturated rings. The highest BCUT2D eigenvalue weighted by Gasteiger charge is 2.46. The summed E-state index contributed by atoms with van der Waals surface area (Å²) < 4.78 is 12.2. The Bertz CT molecular complexity index is 1060. The average Bonchev–Trinajstić information content (AvgIpc) is 3.26. The van der Waals surface area contributed by atoms with Crippen LogP contribution < -0.4 is 20.7 Å². The molecule has 1 saturated carbocycles. The normalized spacial score (nSPS) is 25.2. The van der Waals surface area contributed by atoms with Crippen LogP contribution in [-0.2, 0) is 16.1 Å². The van der Waals surface area contributed by atoms with Gasteiger partial charge >= 0.3 is 6.03 Å². The topological polar surface area (TPSA) is 122 Å². The lowest BCUT2D eigenvalue weighted by molar-refractivity contribution is -0.142. The number of hydrogen-bond acceptors (Lipinski definition) is 6. The summed E-state index contributed by atoms with van der Waals surface area (Å²) in [4.78, 5) is 29.1. The number of ether oxygens (including phenoxy) is 2. The van der Waals surface area contributed by atoms with Crippen LogP contribution >= 0.6 is 0 Å². The van der Waals surface area contributed by atoms with Crippen molar-refractivity contribution in [1.29, 1.82) is 0 Å². The van der Waals surface area contributed by atoms with Gasteiger partial charge in [-0.1, -0.05) is 19.3 Å². The van der Waals surface area contributed by atoms with Gasteiger partial charge in [-0.05, 0) is 55.2 Å². The minimum absolute atomic E-state index is 0.0351. The van der Waals surface area contributed by atoms with Crippen molar-refractivity contribution in [3.8, 4) is 5.75 Å². The van der Waals surface area contributed by atoms with Gasteiger partial charge in [-0.3, -0.25) is 9.78 Å². The fraction of sp³-hybridized carbons (Fsp3) is 0.519. The van der Waals surface area contributed by atoms with Crippen LogP contribution in [0.2, 0.25) is 0 Å². The largest absolute Gasteiger partial charge is 0.487 e. The number of carbonyl (C=O) groups is 2. The number of benzene rings is 1. The zero-order valence-corrected chi connectivity index (χ0v) is 20.3. The van der Waals surface area contributed by atoms with Crippen LogP contribution in [0.5, 0.6) is 5.75 Å². The van der Waals surface area contributed by atoms with Gasteiger partial charge in [-0.2, -0.15) is 0 Å². The molecule has 0 bridgehead atoms. The number of anilines is 1. The quantitative estimate of drug-likeness (QED) is 0.469. The van der Waals surface area contributed by atoms with Crippen LogP contribution in [-0.4, -0.2) is 53.0 Å². The first-order valence-corrected chi connectivity index (χ1v) is 12.9. The number of rotatable bonds is 7. The number of nitrogens with one attached hydrogen (secondary N) is 3. The molecule has 2 aromatic rings. The lowest BCUT2D eigenvalue weighted by Gasteiger charge is -2.37. The molecule has 192 valence electrons. The molecule has 1 saturated heterocycles. The number of amides is 3. The third-order valence-corrected chi connectivity index (χ3v) is 7.35. The smallest absolute Gasteiger partial charge is 0.319 e. The summed E-state index contributed by atoms with van der Waals surface area (Å²) in [7, 11) is 0. The van der Waals surface area contributed by atoms with Crippen LogP contribution in [0, 0.1) is 0 Å².